The van der Waals surface area contributed by atoms with E-state index in [0.717, 1.165) is 48.5 Å². The standard InChI is InChI=1S/C21H23NO5/c23-12-14-2-1-3-15(10-14)21(24)22-16-4-6-17(7-5-16)27-18-8-9-19-20(11-18)26-13-25-19/h1-3,8-11,16-17,23H,4-7,12-13H2,(H,22,24). The number of amides is 1. The summed E-state index contributed by atoms with van der Waals surface area (Å²) in [6, 6.07) is 12.9. The molecule has 0 bridgehead atoms. The van der Waals surface area contributed by atoms with Gasteiger partial charge in [0.05, 0.1) is 12.7 Å². The molecule has 2 N–H and O–H groups in total. The van der Waals surface area contributed by atoms with Gasteiger partial charge in [0, 0.05) is 17.7 Å². The Labute approximate surface area is 158 Å². The molecule has 27 heavy (non-hydrogen) atoms. The van der Waals surface area contributed by atoms with Crippen molar-refractivity contribution in [1.82, 2.24) is 5.32 Å². The summed E-state index contributed by atoms with van der Waals surface area (Å²) in [5.74, 6) is 2.16. The van der Waals surface area contributed by atoms with E-state index < -0.39 is 0 Å². The van der Waals surface area contributed by atoms with Crippen LogP contribution in [0.4, 0.5) is 0 Å². The number of hydrogen-bond donors (Lipinski definition) is 2. The van der Waals surface area contributed by atoms with Gasteiger partial charge in [-0.1, -0.05) is 12.1 Å². The highest BCUT2D eigenvalue weighted by molar-refractivity contribution is 5.94. The van der Waals surface area contributed by atoms with Crippen molar-refractivity contribution < 1.29 is 24.1 Å². The van der Waals surface area contributed by atoms with Crippen molar-refractivity contribution in [2.45, 2.75) is 44.4 Å². The highest BCUT2D eigenvalue weighted by Crippen LogP contribution is 2.36. The number of aliphatic hydroxyl groups excluding tert-OH is 1. The van der Waals surface area contributed by atoms with Gasteiger partial charge >= 0.3 is 0 Å². The number of benzene rings is 2. The van der Waals surface area contributed by atoms with Crippen molar-refractivity contribution in [1.29, 1.82) is 0 Å². The minimum Gasteiger partial charge on any atom is -0.490 e. The largest absolute Gasteiger partial charge is 0.490 e. The van der Waals surface area contributed by atoms with Gasteiger partial charge in [0.2, 0.25) is 6.79 Å². The number of ether oxygens (including phenoxy) is 3. The van der Waals surface area contributed by atoms with Crippen molar-refractivity contribution in [2.24, 2.45) is 0 Å². The molecule has 0 unspecified atom stereocenters. The number of carbonyl (C=O) groups is 1. The molecule has 2 aliphatic rings. The Hall–Kier alpha value is -2.73. The number of aliphatic hydroxyl groups is 1. The Morgan fingerprint density at radius 1 is 1.07 bits per heavy atom. The zero-order valence-corrected chi connectivity index (χ0v) is 15.0. The zero-order chi connectivity index (χ0) is 18.6. The third-order valence-electron chi connectivity index (χ3n) is 5.03. The molecule has 1 saturated carbocycles. The van der Waals surface area contributed by atoms with E-state index >= 15 is 0 Å². The molecule has 0 radical (unpaired) electrons. The number of hydrogen-bond acceptors (Lipinski definition) is 5. The highest BCUT2D eigenvalue weighted by Gasteiger charge is 2.24. The number of fused-ring (bicyclic) bond motifs is 1. The molecule has 142 valence electrons. The molecule has 0 spiro atoms. The molecular formula is C21H23NO5. The predicted octanol–water partition coefficient (Wildman–Crippen LogP) is 3.03. The van der Waals surface area contributed by atoms with Gasteiger partial charge in [-0.3, -0.25) is 4.79 Å². The summed E-state index contributed by atoms with van der Waals surface area (Å²) in [5.41, 5.74) is 1.32. The molecule has 1 aliphatic heterocycles. The Morgan fingerprint density at radius 3 is 2.70 bits per heavy atom. The third-order valence-corrected chi connectivity index (χ3v) is 5.03. The summed E-state index contributed by atoms with van der Waals surface area (Å²) in [4.78, 5) is 12.4. The summed E-state index contributed by atoms with van der Waals surface area (Å²) in [7, 11) is 0. The fourth-order valence-electron chi connectivity index (χ4n) is 3.55. The SMILES string of the molecule is O=C(NC1CCC(Oc2ccc3c(c2)OCO3)CC1)c1cccc(CO)c1. The molecule has 1 aliphatic carbocycles. The fourth-order valence-corrected chi connectivity index (χ4v) is 3.55. The minimum atomic E-state index is -0.0922. The van der Waals surface area contributed by atoms with Crippen LogP contribution in [0.5, 0.6) is 17.2 Å². The second-order valence-electron chi connectivity index (χ2n) is 6.94. The lowest BCUT2D eigenvalue weighted by Crippen LogP contribution is -2.39. The number of rotatable bonds is 5. The van der Waals surface area contributed by atoms with E-state index in [4.69, 9.17) is 14.2 Å². The molecule has 1 fully saturated rings. The summed E-state index contributed by atoms with van der Waals surface area (Å²) in [5, 5.41) is 12.3. The lowest BCUT2D eigenvalue weighted by Gasteiger charge is -2.29. The fraction of sp³-hybridized carbons (Fsp3) is 0.381. The lowest BCUT2D eigenvalue weighted by molar-refractivity contribution is 0.0893. The molecule has 6 heteroatoms. The molecule has 6 nitrogen and oxygen atoms in total. The van der Waals surface area contributed by atoms with Crippen LogP contribution in [-0.4, -0.2) is 30.0 Å². The van der Waals surface area contributed by atoms with Crippen LogP contribution in [0.2, 0.25) is 0 Å². The minimum absolute atomic E-state index is 0.0660. The van der Waals surface area contributed by atoms with Crippen LogP contribution in [0, 0.1) is 0 Å². The van der Waals surface area contributed by atoms with Crippen molar-refractivity contribution in [2.75, 3.05) is 6.79 Å². The smallest absolute Gasteiger partial charge is 0.251 e. The quantitative estimate of drug-likeness (QED) is 0.847. The number of nitrogens with one attached hydrogen (secondary N) is 1. The van der Waals surface area contributed by atoms with Crippen molar-refractivity contribution in [3.05, 3.63) is 53.6 Å². The van der Waals surface area contributed by atoms with E-state index in [1.54, 1.807) is 24.3 Å². The summed E-state index contributed by atoms with van der Waals surface area (Å²) in [6.07, 6.45) is 3.66. The molecular weight excluding hydrogens is 346 g/mol. The van der Waals surface area contributed by atoms with Crippen LogP contribution in [-0.2, 0) is 6.61 Å². The summed E-state index contributed by atoms with van der Waals surface area (Å²) >= 11 is 0. The Kier molecular flexibility index (Phi) is 5.16. The summed E-state index contributed by atoms with van der Waals surface area (Å²) in [6.45, 7) is 0.189. The topological polar surface area (TPSA) is 77.0 Å². The second-order valence-corrected chi connectivity index (χ2v) is 6.94. The van der Waals surface area contributed by atoms with Gasteiger partial charge in [0.25, 0.3) is 5.91 Å². The first-order valence-corrected chi connectivity index (χ1v) is 9.28. The van der Waals surface area contributed by atoms with Gasteiger partial charge < -0.3 is 24.6 Å². The van der Waals surface area contributed by atoms with Gasteiger partial charge in [0.1, 0.15) is 5.75 Å². The van der Waals surface area contributed by atoms with Crippen molar-refractivity contribution >= 4 is 5.91 Å². The van der Waals surface area contributed by atoms with E-state index in [0.29, 0.717) is 5.56 Å². The van der Waals surface area contributed by atoms with Crippen LogP contribution >= 0.6 is 0 Å². The maximum Gasteiger partial charge on any atom is 0.251 e. The third kappa shape index (κ3) is 4.17. The van der Waals surface area contributed by atoms with Crippen LogP contribution in [0.15, 0.2) is 42.5 Å². The van der Waals surface area contributed by atoms with Crippen LogP contribution in [0.3, 0.4) is 0 Å². The first-order chi connectivity index (χ1) is 13.2. The average Bonchev–Trinajstić information content (AvgIpc) is 3.17. The number of carbonyl (C=O) groups excluding carboxylic acids is 1. The average molecular weight is 369 g/mol. The van der Waals surface area contributed by atoms with E-state index in [-0.39, 0.29) is 31.5 Å². The first-order valence-electron chi connectivity index (χ1n) is 9.28. The lowest BCUT2D eigenvalue weighted by atomic mass is 9.92. The first kappa shape index (κ1) is 17.7. The van der Waals surface area contributed by atoms with E-state index in [2.05, 4.69) is 5.32 Å². The van der Waals surface area contributed by atoms with E-state index in [1.807, 2.05) is 18.2 Å². The van der Waals surface area contributed by atoms with Gasteiger partial charge in [-0.2, -0.15) is 0 Å². The molecule has 2 aromatic rings. The Balaban J connectivity index is 1.28. The van der Waals surface area contributed by atoms with Crippen molar-refractivity contribution in [3.63, 3.8) is 0 Å². The van der Waals surface area contributed by atoms with Gasteiger partial charge in [-0.25, -0.2) is 0 Å². The van der Waals surface area contributed by atoms with Gasteiger partial charge in [-0.05, 0) is 55.5 Å². The molecule has 0 atom stereocenters. The van der Waals surface area contributed by atoms with Crippen LogP contribution in [0.25, 0.3) is 0 Å². The Morgan fingerprint density at radius 2 is 1.89 bits per heavy atom. The molecule has 0 saturated heterocycles. The molecule has 4 rings (SSSR count). The monoisotopic (exact) mass is 369 g/mol. The maximum atomic E-state index is 12.4. The van der Waals surface area contributed by atoms with Crippen LogP contribution < -0.4 is 19.5 Å². The normalized spacial score (nSPS) is 20.9. The van der Waals surface area contributed by atoms with Crippen molar-refractivity contribution in [3.8, 4) is 17.2 Å². The summed E-state index contributed by atoms with van der Waals surface area (Å²) < 4.78 is 16.8. The molecule has 2 aromatic carbocycles. The maximum absolute atomic E-state index is 12.4. The zero-order valence-electron chi connectivity index (χ0n) is 15.0. The molecule has 1 amide bonds. The van der Waals surface area contributed by atoms with Gasteiger partial charge in [-0.15, -0.1) is 0 Å². The second kappa shape index (κ2) is 7.88. The van der Waals surface area contributed by atoms with Gasteiger partial charge in [0.15, 0.2) is 11.5 Å². The Bertz CT molecular complexity index is 814. The predicted molar refractivity (Wildman–Crippen MR) is 99.1 cm³/mol. The molecule has 1 heterocycles. The van der Waals surface area contributed by atoms with Crippen LogP contribution in [0.1, 0.15) is 41.6 Å². The molecule has 0 aromatic heterocycles. The van der Waals surface area contributed by atoms with E-state index in [9.17, 15) is 9.90 Å². The highest BCUT2D eigenvalue weighted by atomic mass is 16.7. The van der Waals surface area contributed by atoms with E-state index in [1.165, 1.54) is 0 Å².